The number of rotatable bonds is 6. The zero-order valence-corrected chi connectivity index (χ0v) is 13.5. The van der Waals surface area contributed by atoms with Gasteiger partial charge in [0.15, 0.2) is 0 Å². The monoisotopic (exact) mass is 314 g/mol. The number of hydrogen-bond donors (Lipinski definition) is 0. The van der Waals surface area contributed by atoms with E-state index < -0.39 is 0 Å². The summed E-state index contributed by atoms with van der Waals surface area (Å²) in [5.74, 6) is 2.18. The molecule has 1 aliphatic rings. The first kappa shape index (κ1) is 15.6. The summed E-state index contributed by atoms with van der Waals surface area (Å²) < 4.78 is 12.3. The highest BCUT2D eigenvalue weighted by Crippen LogP contribution is 2.24. The number of hydrogen-bond acceptors (Lipinski definition) is 3. The van der Waals surface area contributed by atoms with Crippen LogP contribution >= 0.6 is 11.8 Å². The molecule has 1 saturated heterocycles. The molecule has 2 nitrogen and oxygen atoms in total. The number of thioether (sulfide) groups is 1. The Bertz CT molecular complexity index is 492. The van der Waals surface area contributed by atoms with Gasteiger partial charge in [-0.25, -0.2) is 0 Å². The Balaban J connectivity index is 1.52. The molecule has 3 rings (SSSR count). The molecule has 0 amide bonds. The van der Waals surface area contributed by atoms with Crippen molar-refractivity contribution in [2.24, 2.45) is 0 Å². The Morgan fingerprint density at radius 3 is 1.91 bits per heavy atom. The van der Waals surface area contributed by atoms with Crippen molar-refractivity contribution in [1.29, 1.82) is 0 Å². The quantitative estimate of drug-likeness (QED) is 0.792. The van der Waals surface area contributed by atoms with E-state index in [1.807, 2.05) is 23.9 Å². The van der Waals surface area contributed by atoms with Crippen molar-refractivity contribution in [1.82, 2.24) is 0 Å². The minimum atomic E-state index is 0.183. The summed E-state index contributed by atoms with van der Waals surface area (Å²) in [7, 11) is 0. The second-order valence-corrected chi connectivity index (χ2v) is 6.68. The normalized spacial score (nSPS) is 21.6. The van der Waals surface area contributed by atoms with Gasteiger partial charge in [0, 0.05) is 5.75 Å². The van der Waals surface area contributed by atoms with Gasteiger partial charge in [-0.3, -0.25) is 0 Å². The second kappa shape index (κ2) is 8.37. The molecule has 2 aromatic carbocycles. The van der Waals surface area contributed by atoms with Crippen LogP contribution in [0.1, 0.15) is 17.5 Å². The van der Waals surface area contributed by atoms with Gasteiger partial charge in [0.2, 0.25) is 0 Å². The summed E-state index contributed by atoms with van der Waals surface area (Å²) in [5, 5.41) is 0. The maximum Gasteiger partial charge on any atom is 0.0931 e. The van der Waals surface area contributed by atoms with E-state index in [0.717, 1.165) is 17.9 Å². The average Bonchev–Trinajstić information content (AvgIpc) is 2.61. The molecule has 22 heavy (non-hydrogen) atoms. The molecule has 0 radical (unpaired) electrons. The first-order chi connectivity index (χ1) is 10.9. The molecule has 0 spiro atoms. The van der Waals surface area contributed by atoms with Crippen molar-refractivity contribution in [3.63, 3.8) is 0 Å². The van der Waals surface area contributed by atoms with Gasteiger partial charge in [0.05, 0.1) is 25.4 Å². The maximum absolute atomic E-state index is 6.13. The fourth-order valence-corrected chi connectivity index (χ4v) is 3.70. The molecule has 1 fully saturated rings. The fraction of sp³-hybridized carbons (Fsp3) is 0.368. The standard InChI is InChI=1S/C19H22O2S/c1-3-7-16(8-4-1)13-20-18-11-12-22-15-19(18)21-14-17-9-5-2-6-10-17/h1-10,18-19H,11-15H2/t18-,19+/m0/s1. The molecule has 2 aromatic rings. The lowest BCUT2D eigenvalue weighted by molar-refractivity contribution is -0.0780. The van der Waals surface area contributed by atoms with Gasteiger partial charge in [-0.15, -0.1) is 0 Å². The summed E-state index contributed by atoms with van der Waals surface area (Å²) in [6.45, 7) is 1.33. The van der Waals surface area contributed by atoms with Crippen LogP contribution in [0.5, 0.6) is 0 Å². The third kappa shape index (κ3) is 4.60. The first-order valence-corrected chi connectivity index (χ1v) is 8.96. The lowest BCUT2D eigenvalue weighted by Crippen LogP contribution is -2.37. The van der Waals surface area contributed by atoms with Crippen LogP contribution in [-0.2, 0) is 22.7 Å². The van der Waals surface area contributed by atoms with Crippen LogP contribution in [0, 0.1) is 0 Å². The highest BCUT2D eigenvalue weighted by molar-refractivity contribution is 7.99. The van der Waals surface area contributed by atoms with Gasteiger partial charge in [-0.2, -0.15) is 11.8 Å². The zero-order chi connectivity index (χ0) is 15.0. The second-order valence-electron chi connectivity index (χ2n) is 5.53. The Hall–Kier alpha value is -1.29. The van der Waals surface area contributed by atoms with Gasteiger partial charge in [-0.1, -0.05) is 60.7 Å². The predicted octanol–water partition coefficient (Wildman–Crippen LogP) is 4.29. The highest BCUT2D eigenvalue weighted by atomic mass is 32.2. The molecule has 0 N–H and O–H groups in total. The average molecular weight is 314 g/mol. The topological polar surface area (TPSA) is 18.5 Å². The first-order valence-electron chi connectivity index (χ1n) is 7.80. The molecular weight excluding hydrogens is 292 g/mol. The largest absolute Gasteiger partial charge is 0.371 e. The van der Waals surface area contributed by atoms with Crippen LogP contribution in [0.3, 0.4) is 0 Å². The van der Waals surface area contributed by atoms with Crippen molar-refractivity contribution in [2.75, 3.05) is 11.5 Å². The summed E-state index contributed by atoms with van der Waals surface area (Å²) in [5.41, 5.74) is 2.45. The lowest BCUT2D eigenvalue weighted by atomic mass is 10.1. The molecule has 1 heterocycles. The zero-order valence-electron chi connectivity index (χ0n) is 12.7. The molecule has 0 saturated carbocycles. The van der Waals surface area contributed by atoms with E-state index in [-0.39, 0.29) is 12.2 Å². The Morgan fingerprint density at radius 1 is 0.773 bits per heavy atom. The van der Waals surface area contributed by atoms with Gasteiger partial charge in [-0.05, 0) is 23.3 Å². The summed E-state index contributed by atoms with van der Waals surface area (Å²) in [6.07, 6.45) is 1.45. The van der Waals surface area contributed by atoms with Gasteiger partial charge < -0.3 is 9.47 Å². The molecule has 0 unspecified atom stereocenters. The maximum atomic E-state index is 6.13. The van der Waals surface area contributed by atoms with E-state index >= 15 is 0 Å². The van der Waals surface area contributed by atoms with Crippen molar-refractivity contribution in [3.05, 3.63) is 71.8 Å². The molecule has 0 bridgehead atoms. The molecule has 116 valence electrons. The minimum Gasteiger partial charge on any atom is -0.371 e. The van der Waals surface area contributed by atoms with Crippen molar-refractivity contribution >= 4 is 11.8 Å². The van der Waals surface area contributed by atoms with Crippen LogP contribution in [0.15, 0.2) is 60.7 Å². The van der Waals surface area contributed by atoms with Crippen LogP contribution < -0.4 is 0 Å². The van der Waals surface area contributed by atoms with Crippen LogP contribution in [0.4, 0.5) is 0 Å². The molecule has 1 aliphatic heterocycles. The number of benzene rings is 2. The van der Waals surface area contributed by atoms with E-state index in [4.69, 9.17) is 9.47 Å². The number of ether oxygens (including phenoxy) is 2. The Morgan fingerprint density at radius 2 is 1.32 bits per heavy atom. The van der Waals surface area contributed by atoms with Crippen molar-refractivity contribution in [3.8, 4) is 0 Å². The summed E-state index contributed by atoms with van der Waals surface area (Å²) >= 11 is 1.96. The highest BCUT2D eigenvalue weighted by Gasteiger charge is 2.27. The van der Waals surface area contributed by atoms with Crippen molar-refractivity contribution in [2.45, 2.75) is 31.8 Å². The molecule has 2 atom stereocenters. The third-order valence-corrected chi connectivity index (χ3v) is 4.95. The Labute approximate surface area is 136 Å². The fourth-order valence-electron chi connectivity index (χ4n) is 2.59. The Kier molecular flexibility index (Phi) is 5.94. The summed E-state index contributed by atoms with van der Waals surface area (Å²) in [6, 6.07) is 20.7. The van der Waals surface area contributed by atoms with Gasteiger partial charge in [0.1, 0.15) is 0 Å². The van der Waals surface area contributed by atoms with Gasteiger partial charge in [0.25, 0.3) is 0 Å². The molecular formula is C19H22O2S. The van der Waals surface area contributed by atoms with E-state index in [9.17, 15) is 0 Å². The molecule has 0 aliphatic carbocycles. The van der Waals surface area contributed by atoms with E-state index in [2.05, 4.69) is 48.5 Å². The SMILES string of the molecule is c1ccc(CO[C@H]2CCSC[C@H]2OCc2ccccc2)cc1. The van der Waals surface area contributed by atoms with E-state index in [1.165, 1.54) is 11.1 Å². The van der Waals surface area contributed by atoms with Crippen LogP contribution in [0.25, 0.3) is 0 Å². The van der Waals surface area contributed by atoms with Gasteiger partial charge >= 0.3 is 0 Å². The smallest absolute Gasteiger partial charge is 0.0931 e. The predicted molar refractivity (Wildman–Crippen MR) is 92.0 cm³/mol. The lowest BCUT2D eigenvalue weighted by Gasteiger charge is -2.31. The molecule has 0 aromatic heterocycles. The van der Waals surface area contributed by atoms with Crippen LogP contribution in [-0.4, -0.2) is 23.7 Å². The third-order valence-electron chi connectivity index (χ3n) is 3.86. The van der Waals surface area contributed by atoms with E-state index in [1.54, 1.807) is 0 Å². The van der Waals surface area contributed by atoms with Crippen molar-refractivity contribution < 1.29 is 9.47 Å². The molecule has 3 heteroatoms. The van der Waals surface area contributed by atoms with Crippen LogP contribution in [0.2, 0.25) is 0 Å². The minimum absolute atomic E-state index is 0.183. The summed E-state index contributed by atoms with van der Waals surface area (Å²) in [4.78, 5) is 0. The van der Waals surface area contributed by atoms with E-state index in [0.29, 0.717) is 13.2 Å².